The number of halogens is 1. The van der Waals surface area contributed by atoms with Crippen molar-refractivity contribution in [3.8, 4) is 0 Å². The normalized spacial score (nSPS) is 10.8. The molecule has 0 fully saturated rings. The molecule has 114 valence electrons. The summed E-state index contributed by atoms with van der Waals surface area (Å²) in [6, 6.07) is 13.7. The molecule has 0 bridgehead atoms. The van der Waals surface area contributed by atoms with E-state index in [0.717, 1.165) is 24.0 Å². The predicted octanol–water partition coefficient (Wildman–Crippen LogP) is 4.57. The first-order chi connectivity index (χ1) is 10.7. The van der Waals surface area contributed by atoms with E-state index in [0.29, 0.717) is 12.1 Å². The van der Waals surface area contributed by atoms with Gasteiger partial charge in [-0.2, -0.15) is 0 Å². The molecule has 0 radical (unpaired) electrons. The van der Waals surface area contributed by atoms with Crippen molar-refractivity contribution in [3.05, 3.63) is 77.1 Å². The Balaban J connectivity index is 1.92. The lowest BCUT2D eigenvalue weighted by atomic mass is 10.1. The van der Waals surface area contributed by atoms with Crippen molar-refractivity contribution in [2.75, 3.05) is 0 Å². The highest BCUT2D eigenvalue weighted by atomic mass is 19.1. The molecule has 0 aliphatic heterocycles. The highest BCUT2D eigenvalue weighted by Crippen LogP contribution is 2.08. The molecule has 0 unspecified atom stereocenters. The van der Waals surface area contributed by atoms with Crippen LogP contribution in [0, 0.1) is 5.82 Å². The van der Waals surface area contributed by atoms with Gasteiger partial charge in [0.05, 0.1) is 0 Å². The first kappa shape index (κ1) is 16.0. The van der Waals surface area contributed by atoms with Gasteiger partial charge in [-0.1, -0.05) is 49.8 Å². The van der Waals surface area contributed by atoms with Gasteiger partial charge in [-0.25, -0.2) is 4.39 Å². The molecular weight excluding hydrogens is 277 g/mol. The van der Waals surface area contributed by atoms with Crippen LogP contribution in [0.1, 0.15) is 41.3 Å². The van der Waals surface area contributed by atoms with Crippen molar-refractivity contribution in [1.82, 2.24) is 5.32 Å². The zero-order valence-electron chi connectivity index (χ0n) is 12.7. The van der Waals surface area contributed by atoms with Crippen LogP contribution in [0.5, 0.6) is 0 Å². The molecule has 0 atom stereocenters. The van der Waals surface area contributed by atoms with Crippen molar-refractivity contribution in [1.29, 1.82) is 0 Å². The summed E-state index contributed by atoms with van der Waals surface area (Å²) in [7, 11) is 0. The zero-order chi connectivity index (χ0) is 15.8. The second-order valence-electron chi connectivity index (χ2n) is 5.13. The van der Waals surface area contributed by atoms with Gasteiger partial charge in [-0.15, -0.1) is 0 Å². The fraction of sp³-hybridized carbons (Fsp3) is 0.211. The molecule has 22 heavy (non-hydrogen) atoms. The van der Waals surface area contributed by atoms with Crippen molar-refractivity contribution in [2.24, 2.45) is 0 Å². The van der Waals surface area contributed by atoms with Gasteiger partial charge in [0.1, 0.15) is 5.82 Å². The van der Waals surface area contributed by atoms with E-state index in [1.165, 1.54) is 12.1 Å². The van der Waals surface area contributed by atoms with Crippen molar-refractivity contribution >= 4 is 12.0 Å². The van der Waals surface area contributed by atoms with Crippen LogP contribution < -0.4 is 5.32 Å². The van der Waals surface area contributed by atoms with Crippen molar-refractivity contribution in [2.45, 2.75) is 26.3 Å². The summed E-state index contributed by atoms with van der Waals surface area (Å²) in [5, 5.41) is 2.79. The molecule has 0 saturated heterocycles. The highest BCUT2D eigenvalue weighted by Gasteiger charge is 2.05. The highest BCUT2D eigenvalue weighted by molar-refractivity contribution is 5.94. The third-order valence-corrected chi connectivity index (χ3v) is 3.28. The SMILES string of the molecule is CCC/C=C/c1ccc(C(=O)NCc2cccc(F)c2)cc1. The molecule has 0 spiro atoms. The minimum Gasteiger partial charge on any atom is -0.348 e. The Morgan fingerprint density at radius 3 is 2.64 bits per heavy atom. The molecule has 0 aromatic heterocycles. The van der Waals surface area contributed by atoms with Crippen LogP contribution in [0.3, 0.4) is 0 Å². The van der Waals surface area contributed by atoms with Crippen molar-refractivity contribution < 1.29 is 9.18 Å². The Kier molecular flexibility index (Phi) is 5.90. The molecule has 0 aliphatic rings. The van der Waals surface area contributed by atoms with Crippen LogP contribution in [-0.4, -0.2) is 5.91 Å². The van der Waals surface area contributed by atoms with Crippen LogP contribution in [-0.2, 0) is 6.54 Å². The van der Waals surface area contributed by atoms with E-state index < -0.39 is 0 Å². The summed E-state index contributed by atoms with van der Waals surface area (Å²) in [6.45, 7) is 2.45. The first-order valence-electron chi connectivity index (χ1n) is 7.48. The lowest BCUT2D eigenvalue weighted by Crippen LogP contribution is -2.22. The molecule has 2 rings (SSSR count). The summed E-state index contributed by atoms with van der Waals surface area (Å²) in [5.74, 6) is -0.455. The molecule has 0 heterocycles. The fourth-order valence-corrected chi connectivity index (χ4v) is 2.06. The number of rotatable bonds is 6. The lowest BCUT2D eigenvalue weighted by molar-refractivity contribution is 0.0951. The van der Waals surface area contributed by atoms with Crippen LogP contribution in [0.4, 0.5) is 4.39 Å². The fourth-order valence-electron chi connectivity index (χ4n) is 2.06. The van der Waals surface area contributed by atoms with E-state index in [-0.39, 0.29) is 11.7 Å². The Labute approximate surface area is 130 Å². The van der Waals surface area contributed by atoms with E-state index in [1.807, 2.05) is 12.1 Å². The Bertz CT molecular complexity index is 647. The van der Waals surface area contributed by atoms with Crippen LogP contribution in [0.15, 0.2) is 54.6 Å². The largest absolute Gasteiger partial charge is 0.348 e. The minimum absolute atomic E-state index is 0.159. The van der Waals surface area contributed by atoms with Gasteiger partial charge in [0.2, 0.25) is 0 Å². The predicted molar refractivity (Wildman–Crippen MR) is 88.0 cm³/mol. The number of hydrogen-bond donors (Lipinski definition) is 1. The molecule has 2 aromatic rings. The second kappa shape index (κ2) is 8.13. The molecule has 0 saturated carbocycles. The van der Waals surface area contributed by atoms with E-state index >= 15 is 0 Å². The maximum Gasteiger partial charge on any atom is 0.251 e. The average molecular weight is 297 g/mol. The molecule has 3 heteroatoms. The summed E-state index contributed by atoms with van der Waals surface area (Å²) in [6.07, 6.45) is 6.35. The smallest absolute Gasteiger partial charge is 0.251 e. The number of allylic oxidation sites excluding steroid dienone is 1. The van der Waals surface area contributed by atoms with Gasteiger partial charge in [0, 0.05) is 12.1 Å². The lowest BCUT2D eigenvalue weighted by Gasteiger charge is -2.06. The number of benzene rings is 2. The van der Waals surface area contributed by atoms with Crippen LogP contribution in [0.2, 0.25) is 0 Å². The van der Waals surface area contributed by atoms with Gasteiger partial charge in [-0.3, -0.25) is 4.79 Å². The Hall–Kier alpha value is -2.42. The van der Waals surface area contributed by atoms with Gasteiger partial charge in [0.15, 0.2) is 0 Å². The summed E-state index contributed by atoms with van der Waals surface area (Å²) >= 11 is 0. The van der Waals surface area contributed by atoms with Gasteiger partial charge < -0.3 is 5.32 Å². The summed E-state index contributed by atoms with van der Waals surface area (Å²) in [4.78, 5) is 12.1. The van der Waals surface area contributed by atoms with Crippen molar-refractivity contribution in [3.63, 3.8) is 0 Å². The average Bonchev–Trinajstić information content (AvgIpc) is 2.54. The van der Waals surface area contributed by atoms with E-state index in [9.17, 15) is 9.18 Å². The number of carbonyl (C=O) groups excluding carboxylic acids is 1. The third kappa shape index (κ3) is 4.85. The number of hydrogen-bond acceptors (Lipinski definition) is 1. The number of amides is 1. The topological polar surface area (TPSA) is 29.1 Å². The molecule has 2 nitrogen and oxygen atoms in total. The van der Waals surface area contributed by atoms with Gasteiger partial charge in [-0.05, 0) is 41.8 Å². The van der Waals surface area contributed by atoms with E-state index in [4.69, 9.17) is 0 Å². The summed E-state index contributed by atoms with van der Waals surface area (Å²) in [5.41, 5.74) is 2.42. The maximum atomic E-state index is 13.1. The zero-order valence-corrected chi connectivity index (χ0v) is 12.7. The standard InChI is InChI=1S/C19H20FNO/c1-2-3-4-6-15-9-11-17(12-10-15)19(22)21-14-16-7-5-8-18(20)13-16/h4-13H,2-3,14H2,1H3,(H,21,22)/b6-4+. The van der Waals surface area contributed by atoms with Gasteiger partial charge >= 0.3 is 0 Å². The van der Waals surface area contributed by atoms with E-state index in [2.05, 4.69) is 24.4 Å². The molecule has 0 aliphatic carbocycles. The molecule has 1 amide bonds. The molecular formula is C19H20FNO. The molecule has 1 N–H and O–H groups in total. The Morgan fingerprint density at radius 1 is 1.18 bits per heavy atom. The minimum atomic E-state index is -0.296. The van der Waals surface area contributed by atoms with Crippen LogP contribution in [0.25, 0.3) is 6.08 Å². The van der Waals surface area contributed by atoms with Gasteiger partial charge in [0.25, 0.3) is 5.91 Å². The third-order valence-electron chi connectivity index (χ3n) is 3.28. The molecule has 2 aromatic carbocycles. The first-order valence-corrected chi connectivity index (χ1v) is 7.48. The summed E-state index contributed by atoms with van der Waals surface area (Å²) < 4.78 is 13.1. The number of nitrogens with one attached hydrogen (secondary N) is 1. The second-order valence-corrected chi connectivity index (χ2v) is 5.13. The maximum absolute atomic E-state index is 13.1. The Morgan fingerprint density at radius 2 is 1.95 bits per heavy atom. The number of carbonyl (C=O) groups is 1. The number of unbranched alkanes of at least 4 members (excludes halogenated alkanes) is 1. The van der Waals surface area contributed by atoms with E-state index in [1.54, 1.807) is 24.3 Å². The van der Waals surface area contributed by atoms with Crippen LogP contribution >= 0.6 is 0 Å². The quantitative estimate of drug-likeness (QED) is 0.831. The monoisotopic (exact) mass is 297 g/mol.